The van der Waals surface area contributed by atoms with Crippen molar-refractivity contribution in [2.45, 2.75) is 19.9 Å². The number of ether oxygens (including phenoxy) is 2. The van der Waals surface area contributed by atoms with E-state index in [1.807, 2.05) is 37.3 Å². The molecule has 0 amide bonds. The second kappa shape index (κ2) is 9.47. The first-order valence-electron chi connectivity index (χ1n) is 12.1. The number of nitrogens with zero attached hydrogens (tertiary/aromatic N) is 3. The Balaban J connectivity index is 1.27. The van der Waals surface area contributed by atoms with E-state index in [0.717, 1.165) is 76.2 Å². The van der Waals surface area contributed by atoms with Gasteiger partial charge in [0.1, 0.15) is 11.5 Å². The van der Waals surface area contributed by atoms with Gasteiger partial charge in [0.25, 0.3) is 0 Å². The summed E-state index contributed by atoms with van der Waals surface area (Å²) in [5.74, 6) is 1.61. The monoisotopic (exact) mass is 481 g/mol. The average Bonchev–Trinajstić information content (AvgIpc) is 2.91. The minimum Gasteiger partial charge on any atom is -0.456 e. The van der Waals surface area contributed by atoms with Crippen molar-refractivity contribution in [3.8, 4) is 22.8 Å². The Kier molecular flexibility index (Phi) is 5.87. The van der Waals surface area contributed by atoms with E-state index in [0.29, 0.717) is 19.8 Å². The molecule has 2 aromatic carbocycles. The summed E-state index contributed by atoms with van der Waals surface area (Å²) in [5, 5.41) is 3.45. The minimum atomic E-state index is -0.128. The van der Waals surface area contributed by atoms with Gasteiger partial charge in [-0.25, -0.2) is 0 Å². The number of anilines is 2. The average molecular weight is 482 g/mol. The molecule has 182 valence electrons. The molecule has 0 aliphatic carbocycles. The molecule has 2 aliphatic heterocycles. The second-order valence-electron chi connectivity index (χ2n) is 9.05. The van der Waals surface area contributed by atoms with E-state index >= 15 is 0 Å². The number of aromatic amines is 1. The molecule has 1 saturated heterocycles. The molecule has 8 heteroatoms. The zero-order chi connectivity index (χ0) is 24.5. The van der Waals surface area contributed by atoms with E-state index in [1.54, 1.807) is 18.5 Å². The fourth-order valence-electron chi connectivity index (χ4n) is 4.77. The van der Waals surface area contributed by atoms with Crippen molar-refractivity contribution >= 4 is 11.4 Å². The largest absolute Gasteiger partial charge is 0.456 e. The Bertz CT molecular complexity index is 1480. The van der Waals surface area contributed by atoms with Gasteiger partial charge in [-0.2, -0.15) is 0 Å². The summed E-state index contributed by atoms with van der Waals surface area (Å²) in [4.78, 5) is 26.5. The maximum Gasteiger partial charge on any atom is 0.250 e. The maximum absolute atomic E-state index is 12.5. The third kappa shape index (κ3) is 4.43. The smallest absolute Gasteiger partial charge is 0.250 e. The van der Waals surface area contributed by atoms with E-state index in [1.165, 1.54) is 0 Å². The van der Waals surface area contributed by atoms with Crippen LogP contribution < -0.4 is 20.5 Å². The lowest BCUT2D eigenvalue weighted by molar-refractivity contribution is 0.122. The number of pyridine rings is 1. The van der Waals surface area contributed by atoms with Crippen LogP contribution in [0.1, 0.15) is 22.5 Å². The van der Waals surface area contributed by atoms with Crippen LogP contribution >= 0.6 is 0 Å². The van der Waals surface area contributed by atoms with Crippen LogP contribution in [0.15, 0.2) is 65.7 Å². The second-order valence-corrected chi connectivity index (χ2v) is 9.05. The number of aromatic nitrogens is 3. The molecular weight excluding hydrogens is 454 g/mol. The molecule has 0 bridgehead atoms. The highest BCUT2D eigenvalue weighted by Crippen LogP contribution is 2.43. The number of morpholine rings is 1. The normalized spacial score (nSPS) is 14.5. The zero-order valence-corrected chi connectivity index (χ0v) is 20.1. The van der Waals surface area contributed by atoms with E-state index in [-0.39, 0.29) is 5.56 Å². The molecule has 0 spiro atoms. The predicted octanol–water partition coefficient (Wildman–Crippen LogP) is 4.29. The molecule has 36 heavy (non-hydrogen) atoms. The molecule has 0 radical (unpaired) electrons. The van der Waals surface area contributed by atoms with Crippen molar-refractivity contribution in [3.63, 3.8) is 0 Å². The molecule has 8 nitrogen and oxygen atoms in total. The van der Waals surface area contributed by atoms with Crippen LogP contribution in [0, 0.1) is 6.92 Å². The maximum atomic E-state index is 12.5. The van der Waals surface area contributed by atoms with E-state index < -0.39 is 0 Å². The lowest BCUT2D eigenvalue weighted by atomic mass is 9.96. The Morgan fingerprint density at radius 2 is 1.89 bits per heavy atom. The fraction of sp³-hybridized carbons (Fsp3) is 0.250. The molecule has 0 saturated carbocycles. The van der Waals surface area contributed by atoms with Crippen LogP contribution in [0.2, 0.25) is 0 Å². The first kappa shape index (κ1) is 22.3. The van der Waals surface area contributed by atoms with E-state index in [9.17, 15) is 4.79 Å². The van der Waals surface area contributed by atoms with E-state index in [2.05, 4.69) is 37.3 Å². The molecule has 0 unspecified atom stereocenters. The van der Waals surface area contributed by atoms with Crippen molar-refractivity contribution in [2.24, 2.45) is 0 Å². The molecule has 4 aromatic rings. The van der Waals surface area contributed by atoms with Gasteiger partial charge in [-0.3, -0.25) is 14.8 Å². The molecule has 6 rings (SSSR count). The number of nitrogens with one attached hydrogen (secondary N) is 2. The summed E-state index contributed by atoms with van der Waals surface area (Å²) in [6.07, 6.45) is 4.16. The molecule has 0 atom stereocenters. The molecule has 2 aliphatic rings. The van der Waals surface area contributed by atoms with Crippen LogP contribution in [0.3, 0.4) is 0 Å². The lowest BCUT2D eigenvalue weighted by Gasteiger charge is -2.29. The summed E-state index contributed by atoms with van der Waals surface area (Å²) in [7, 11) is 0. The van der Waals surface area contributed by atoms with Crippen molar-refractivity contribution < 1.29 is 9.47 Å². The van der Waals surface area contributed by atoms with Crippen molar-refractivity contribution in [2.75, 3.05) is 36.5 Å². The number of benzene rings is 2. The Morgan fingerprint density at radius 3 is 2.75 bits per heavy atom. The summed E-state index contributed by atoms with van der Waals surface area (Å²) < 4.78 is 11.9. The molecule has 2 N–H and O–H groups in total. The van der Waals surface area contributed by atoms with Crippen LogP contribution in [0.25, 0.3) is 11.3 Å². The zero-order valence-electron chi connectivity index (χ0n) is 20.1. The third-order valence-electron chi connectivity index (χ3n) is 6.69. The predicted molar refractivity (Wildman–Crippen MR) is 139 cm³/mol. The van der Waals surface area contributed by atoms with Gasteiger partial charge in [0.2, 0.25) is 5.56 Å². The van der Waals surface area contributed by atoms with Gasteiger partial charge in [0, 0.05) is 60.5 Å². The first-order chi connectivity index (χ1) is 17.6. The summed E-state index contributed by atoms with van der Waals surface area (Å²) in [5.41, 5.74) is 7.45. The lowest BCUT2D eigenvalue weighted by Crippen LogP contribution is -2.36. The van der Waals surface area contributed by atoms with Crippen LogP contribution in [0.4, 0.5) is 11.4 Å². The number of rotatable bonds is 5. The fourth-order valence-corrected chi connectivity index (χ4v) is 4.77. The standard InChI is InChI=1S/C28H27N5O3/c1-18-25(30-8-7-29-18)17-31-21-5-6-26-20(14-21)13-19-3-2-4-23(28(19)36-26)24-15-22(16-27(34)32-24)33-9-11-35-12-10-33/h2-8,14-16,31H,9-13,17H2,1H3,(H,32,34). The number of hydrogen-bond acceptors (Lipinski definition) is 7. The van der Waals surface area contributed by atoms with Gasteiger partial charge in [-0.05, 0) is 42.8 Å². The van der Waals surface area contributed by atoms with Crippen molar-refractivity contribution in [1.82, 2.24) is 15.0 Å². The van der Waals surface area contributed by atoms with Gasteiger partial charge in [-0.1, -0.05) is 12.1 Å². The van der Waals surface area contributed by atoms with Gasteiger partial charge in [0.05, 0.1) is 36.8 Å². The molecular formula is C28H27N5O3. The third-order valence-corrected chi connectivity index (χ3v) is 6.69. The van der Waals surface area contributed by atoms with E-state index in [4.69, 9.17) is 9.47 Å². The Morgan fingerprint density at radius 1 is 1.03 bits per heavy atom. The number of fused-ring (bicyclic) bond motifs is 2. The summed E-state index contributed by atoms with van der Waals surface area (Å²) in [6, 6.07) is 15.9. The van der Waals surface area contributed by atoms with Gasteiger partial charge < -0.3 is 24.7 Å². The first-order valence-corrected chi connectivity index (χ1v) is 12.1. The highest BCUT2D eigenvalue weighted by atomic mass is 16.5. The van der Waals surface area contributed by atoms with Crippen molar-refractivity contribution in [1.29, 1.82) is 0 Å². The minimum absolute atomic E-state index is 0.128. The Labute approximate surface area is 209 Å². The van der Waals surface area contributed by atoms with Crippen LogP contribution in [0.5, 0.6) is 11.5 Å². The Hall–Kier alpha value is -4.17. The quantitative estimate of drug-likeness (QED) is 0.387. The number of hydrogen-bond donors (Lipinski definition) is 2. The number of H-pyrrole nitrogens is 1. The highest BCUT2D eigenvalue weighted by Gasteiger charge is 2.22. The molecule has 2 aromatic heterocycles. The van der Waals surface area contributed by atoms with Crippen LogP contribution in [-0.4, -0.2) is 41.3 Å². The summed E-state index contributed by atoms with van der Waals surface area (Å²) in [6.45, 7) is 5.44. The molecule has 4 heterocycles. The number of aryl methyl sites for hydroxylation is 1. The number of para-hydroxylation sites is 1. The molecule has 1 fully saturated rings. The highest BCUT2D eigenvalue weighted by molar-refractivity contribution is 5.74. The summed E-state index contributed by atoms with van der Waals surface area (Å²) >= 11 is 0. The van der Waals surface area contributed by atoms with Crippen LogP contribution in [-0.2, 0) is 17.7 Å². The van der Waals surface area contributed by atoms with Gasteiger partial charge >= 0.3 is 0 Å². The topological polar surface area (TPSA) is 92.4 Å². The van der Waals surface area contributed by atoms with Crippen molar-refractivity contribution in [3.05, 3.63) is 93.8 Å². The van der Waals surface area contributed by atoms with Gasteiger partial charge in [0.15, 0.2) is 0 Å². The van der Waals surface area contributed by atoms with Gasteiger partial charge in [-0.15, -0.1) is 0 Å². The SMILES string of the molecule is Cc1nccnc1CNc1ccc2c(c1)Cc1cccc(-c3cc(N4CCOCC4)cc(=O)[nH]3)c1O2.